The van der Waals surface area contributed by atoms with Crippen molar-refractivity contribution in [1.29, 1.82) is 0 Å². The summed E-state index contributed by atoms with van der Waals surface area (Å²) in [6.07, 6.45) is 3.56. The van der Waals surface area contributed by atoms with Crippen LogP contribution in [0.4, 0.5) is 0 Å². The Morgan fingerprint density at radius 3 is 2.11 bits per heavy atom. The molecule has 0 radical (unpaired) electrons. The third-order valence-electron chi connectivity index (χ3n) is 8.83. The molecule has 10 aromatic rings. The van der Waals surface area contributed by atoms with Crippen molar-refractivity contribution in [3.8, 4) is 34.2 Å². The molecule has 6 heteroatoms. The van der Waals surface area contributed by atoms with Gasteiger partial charge in [-0.1, -0.05) is 91.0 Å². The summed E-state index contributed by atoms with van der Waals surface area (Å²) in [5, 5.41) is 8.36. The van der Waals surface area contributed by atoms with E-state index in [2.05, 4.69) is 71.7 Å². The number of hydrogen-bond acceptors (Lipinski definition) is 6. The van der Waals surface area contributed by atoms with E-state index in [1.54, 1.807) is 12.4 Å². The number of rotatable bonds is 3. The second-order valence-corrected chi connectivity index (χ2v) is 11.5. The van der Waals surface area contributed by atoms with Crippen LogP contribution in [0.2, 0.25) is 0 Å². The Morgan fingerprint density at radius 1 is 0.435 bits per heavy atom. The van der Waals surface area contributed by atoms with Crippen LogP contribution in [-0.4, -0.2) is 19.9 Å². The van der Waals surface area contributed by atoms with E-state index in [1.165, 1.54) is 0 Å². The fourth-order valence-electron chi connectivity index (χ4n) is 6.68. The Morgan fingerprint density at radius 2 is 1.15 bits per heavy atom. The van der Waals surface area contributed by atoms with E-state index in [4.69, 9.17) is 23.8 Å². The smallest absolute Gasteiger partial charge is 0.164 e. The highest BCUT2D eigenvalue weighted by Gasteiger charge is 2.20. The van der Waals surface area contributed by atoms with Crippen LogP contribution in [0.5, 0.6) is 0 Å². The number of para-hydroxylation sites is 1. The molecular formula is C40H22N4O2. The van der Waals surface area contributed by atoms with Crippen LogP contribution >= 0.6 is 0 Å². The number of aromatic nitrogens is 4. The summed E-state index contributed by atoms with van der Waals surface area (Å²) in [4.78, 5) is 19.7. The zero-order valence-electron chi connectivity index (χ0n) is 24.3. The van der Waals surface area contributed by atoms with Crippen molar-refractivity contribution in [2.24, 2.45) is 0 Å². The van der Waals surface area contributed by atoms with Gasteiger partial charge in [0.05, 0.1) is 6.20 Å². The van der Waals surface area contributed by atoms with Gasteiger partial charge in [-0.05, 0) is 46.5 Å². The Bertz CT molecular complexity index is 2830. The van der Waals surface area contributed by atoms with Gasteiger partial charge in [-0.25, -0.2) is 15.0 Å². The highest BCUT2D eigenvalue weighted by atomic mass is 16.3. The molecule has 0 amide bonds. The van der Waals surface area contributed by atoms with Gasteiger partial charge in [0.1, 0.15) is 16.7 Å². The highest BCUT2D eigenvalue weighted by Crippen LogP contribution is 2.39. The van der Waals surface area contributed by atoms with Crippen molar-refractivity contribution < 1.29 is 8.83 Å². The van der Waals surface area contributed by atoms with Crippen LogP contribution in [0.3, 0.4) is 0 Å². The summed E-state index contributed by atoms with van der Waals surface area (Å²) in [6, 6.07) is 41.2. The maximum atomic E-state index is 6.34. The van der Waals surface area contributed by atoms with E-state index in [0.717, 1.165) is 82.1 Å². The molecule has 6 nitrogen and oxygen atoms in total. The number of fused-ring (bicyclic) bond motifs is 9. The Hall–Kier alpha value is -6.40. The van der Waals surface area contributed by atoms with Gasteiger partial charge in [-0.3, -0.25) is 4.98 Å². The predicted molar refractivity (Wildman–Crippen MR) is 183 cm³/mol. The quantitative estimate of drug-likeness (QED) is 0.204. The van der Waals surface area contributed by atoms with Crippen LogP contribution < -0.4 is 0 Å². The molecule has 214 valence electrons. The Kier molecular flexibility index (Phi) is 5.19. The first kappa shape index (κ1) is 25.0. The lowest BCUT2D eigenvalue weighted by Crippen LogP contribution is -2.01. The normalized spacial score (nSPS) is 11.9. The fourth-order valence-corrected chi connectivity index (χ4v) is 6.68. The lowest BCUT2D eigenvalue weighted by atomic mass is 10.0. The van der Waals surface area contributed by atoms with Gasteiger partial charge in [0.25, 0.3) is 0 Å². The van der Waals surface area contributed by atoms with Crippen molar-refractivity contribution >= 4 is 65.4 Å². The van der Waals surface area contributed by atoms with E-state index in [-0.39, 0.29) is 0 Å². The molecule has 0 saturated carbocycles. The van der Waals surface area contributed by atoms with Crippen LogP contribution in [-0.2, 0) is 0 Å². The minimum Gasteiger partial charge on any atom is -0.456 e. The van der Waals surface area contributed by atoms with Gasteiger partial charge in [0.2, 0.25) is 0 Å². The van der Waals surface area contributed by atoms with E-state index >= 15 is 0 Å². The van der Waals surface area contributed by atoms with E-state index in [9.17, 15) is 0 Å². The molecule has 0 spiro atoms. The van der Waals surface area contributed by atoms with E-state index in [0.29, 0.717) is 17.5 Å². The molecule has 0 aliphatic heterocycles. The lowest BCUT2D eigenvalue weighted by molar-refractivity contribution is 0.669. The minimum atomic E-state index is 0.582. The zero-order chi connectivity index (χ0) is 30.2. The van der Waals surface area contributed by atoms with Crippen LogP contribution in [0.25, 0.3) is 99.6 Å². The average molecular weight is 591 g/mol. The summed E-state index contributed by atoms with van der Waals surface area (Å²) < 4.78 is 12.6. The van der Waals surface area contributed by atoms with Gasteiger partial charge in [-0.15, -0.1) is 0 Å². The van der Waals surface area contributed by atoms with Crippen LogP contribution in [0, 0.1) is 0 Å². The van der Waals surface area contributed by atoms with Gasteiger partial charge in [0, 0.05) is 49.8 Å². The molecular weight excluding hydrogens is 568 g/mol. The number of nitrogens with zero attached hydrogens (tertiary/aromatic N) is 4. The third kappa shape index (κ3) is 3.70. The first-order chi connectivity index (χ1) is 22.8. The minimum absolute atomic E-state index is 0.582. The van der Waals surface area contributed by atoms with Gasteiger partial charge < -0.3 is 8.83 Å². The molecule has 0 unspecified atom stereocenters. The van der Waals surface area contributed by atoms with Crippen LogP contribution in [0.1, 0.15) is 0 Å². The lowest BCUT2D eigenvalue weighted by Gasteiger charge is -2.11. The number of benzene rings is 6. The van der Waals surface area contributed by atoms with Crippen molar-refractivity contribution in [3.05, 3.63) is 134 Å². The van der Waals surface area contributed by atoms with Gasteiger partial charge >= 0.3 is 0 Å². The van der Waals surface area contributed by atoms with E-state index < -0.39 is 0 Å². The number of furan rings is 2. The monoisotopic (exact) mass is 590 g/mol. The molecule has 46 heavy (non-hydrogen) atoms. The molecule has 0 aliphatic carbocycles. The average Bonchev–Trinajstić information content (AvgIpc) is 3.70. The molecule has 0 saturated heterocycles. The molecule has 0 fully saturated rings. The largest absolute Gasteiger partial charge is 0.456 e. The maximum absolute atomic E-state index is 6.34. The van der Waals surface area contributed by atoms with Crippen molar-refractivity contribution in [2.75, 3.05) is 0 Å². The summed E-state index contributed by atoms with van der Waals surface area (Å²) >= 11 is 0. The van der Waals surface area contributed by atoms with Crippen molar-refractivity contribution in [2.45, 2.75) is 0 Å². The molecule has 4 aromatic heterocycles. The number of hydrogen-bond donors (Lipinski definition) is 0. The molecule has 10 rings (SSSR count). The SMILES string of the molecule is c1ccc2cc(-c3nc(-c4cccc5c4ccc4c6ccncc6oc54)nc(-c4cccc5oc6ccccc6c45)n3)ccc2c1. The predicted octanol–water partition coefficient (Wildman–Crippen LogP) is 10.4. The first-order valence-corrected chi connectivity index (χ1v) is 15.1. The summed E-state index contributed by atoms with van der Waals surface area (Å²) in [7, 11) is 0. The molecule has 0 atom stereocenters. The molecule has 6 aromatic carbocycles. The molecule has 0 aliphatic rings. The third-order valence-corrected chi connectivity index (χ3v) is 8.83. The topological polar surface area (TPSA) is 77.8 Å². The van der Waals surface area contributed by atoms with Gasteiger partial charge in [-0.2, -0.15) is 0 Å². The summed E-state index contributed by atoms with van der Waals surface area (Å²) in [5.74, 6) is 1.77. The Labute approximate surface area is 261 Å². The Balaban J connectivity index is 1.26. The molecule has 0 bridgehead atoms. The second-order valence-electron chi connectivity index (χ2n) is 11.5. The zero-order valence-corrected chi connectivity index (χ0v) is 24.3. The standard InChI is InChI=1S/C40H22N4O2/c1-2-8-24-21-25(16-15-23(24)7-1)38-42-39(44-40(43-38)32-12-6-14-34-36(32)31-9-3-4-13-33(31)45-34)30-11-5-10-28-26(30)17-18-29-27-19-20-41-22-35(27)46-37(28)29/h1-22H. The highest BCUT2D eigenvalue weighted by molar-refractivity contribution is 6.17. The fraction of sp³-hybridized carbons (Fsp3) is 0. The van der Waals surface area contributed by atoms with Crippen molar-refractivity contribution in [1.82, 2.24) is 19.9 Å². The van der Waals surface area contributed by atoms with Crippen molar-refractivity contribution in [3.63, 3.8) is 0 Å². The second kappa shape index (κ2) is 9.55. The van der Waals surface area contributed by atoms with E-state index in [1.807, 2.05) is 54.6 Å². The van der Waals surface area contributed by atoms with Gasteiger partial charge in [0.15, 0.2) is 23.1 Å². The molecule has 4 heterocycles. The molecule has 0 N–H and O–H groups in total. The maximum Gasteiger partial charge on any atom is 0.164 e. The summed E-state index contributed by atoms with van der Waals surface area (Å²) in [6.45, 7) is 0. The number of pyridine rings is 1. The van der Waals surface area contributed by atoms with Crippen LogP contribution in [0.15, 0.2) is 143 Å². The first-order valence-electron chi connectivity index (χ1n) is 15.1. The summed E-state index contributed by atoms with van der Waals surface area (Å²) in [5.41, 5.74) is 5.90.